The van der Waals surface area contributed by atoms with Gasteiger partial charge < -0.3 is 9.88 Å². The smallest absolute Gasteiger partial charge is 0.198 e. The zero-order chi connectivity index (χ0) is 21.4. The molecule has 0 saturated carbocycles. The lowest BCUT2D eigenvalue weighted by molar-refractivity contribution is 0.769. The van der Waals surface area contributed by atoms with Gasteiger partial charge in [-0.3, -0.25) is 4.79 Å². The molecule has 0 bridgehead atoms. The van der Waals surface area contributed by atoms with Gasteiger partial charge in [0.2, 0.25) is 0 Å². The molecule has 0 aliphatic heterocycles. The molecule has 4 aromatic rings. The molecule has 0 amide bonds. The third-order valence-corrected chi connectivity index (χ3v) is 6.00. The Hall–Kier alpha value is -3.91. The van der Waals surface area contributed by atoms with Crippen molar-refractivity contribution in [2.75, 3.05) is 5.32 Å². The maximum atomic E-state index is 13.4. The van der Waals surface area contributed by atoms with Gasteiger partial charge in [-0.2, -0.15) is 5.26 Å². The van der Waals surface area contributed by atoms with Gasteiger partial charge in [0.15, 0.2) is 5.43 Å². The number of pyridine rings is 2. The molecule has 0 unspecified atom stereocenters. The highest BCUT2D eigenvalue weighted by molar-refractivity contribution is 5.84. The van der Waals surface area contributed by atoms with Crippen LogP contribution in [0.15, 0.2) is 71.8 Å². The molecule has 2 aromatic heterocycles. The van der Waals surface area contributed by atoms with Crippen molar-refractivity contribution in [3.63, 3.8) is 0 Å². The molecule has 2 aromatic carbocycles. The van der Waals surface area contributed by atoms with Gasteiger partial charge in [-0.25, -0.2) is 4.98 Å². The number of anilines is 1. The molecular weight excluding hydrogens is 384 g/mol. The Morgan fingerprint density at radius 2 is 1.84 bits per heavy atom. The molecule has 152 valence electrons. The molecule has 1 aliphatic rings. The highest BCUT2D eigenvalue weighted by Gasteiger charge is 2.21. The second-order valence-electron chi connectivity index (χ2n) is 7.96. The number of rotatable bonds is 4. The molecule has 0 radical (unpaired) electrons. The lowest BCUT2D eigenvalue weighted by Gasteiger charge is -2.16. The van der Waals surface area contributed by atoms with Crippen molar-refractivity contribution in [1.82, 2.24) is 9.55 Å². The molecule has 0 atom stereocenters. The van der Waals surface area contributed by atoms with Crippen LogP contribution < -0.4 is 10.7 Å². The van der Waals surface area contributed by atoms with Crippen molar-refractivity contribution in [2.24, 2.45) is 0 Å². The monoisotopic (exact) mass is 406 g/mol. The maximum Gasteiger partial charge on any atom is 0.198 e. The number of aryl methyl sites for hydroxylation is 1. The predicted molar refractivity (Wildman–Crippen MR) is 123 cm³/mol. The fourth-order valence-corrected chi connectivity index (χ4v) is 4.42. The Kier molecular flexibility index (Phi) is 4.76. The number of aromatic nitrogens is 2. The highest BCUT2D eigenvalue weighted by Crippen LogP contribution is 2.26. The second-order valence-corrected chi connectivity index (χ2v) is 7.96. The molecule has 0 fully saturated rings. The minimum atomic E-state index is -0.0461. The minimum Gasteiger partial charge on any atom is -0.380 e. The SMILES string of the molecule is CCn1cc(-c2ccc(C#N)cc2)c(=O)c2cc(NC3Cc4ccccc4C3)cnc21. The fourth-order valence-electron chi connectivity index (χ4n) is 4.42. The zero-order valence-electron chi connectivity index (χ0n) is 17.3. The van der Waals surface area contributed by atoms with Crippen molar-refractivity contribution >= 4 is 16.7 Å². The average molecular weight is 406 g/mol. The first-order valence-corrected chi connectivity index (χ1v) is 10.5. The van der Waals surface area contributed by atoms with Crippen molar-refractivity contribution < 1.29 is 0 Å². The first-order chi connectivity index (χ1) is 15.2. The summed E-state index contributed by atoms with van der Waals surface area (Å²) >= 11 is 0. The summed E-state index contributed by atoms with van der Waals surface area (Å²) in [6, 6.07) is 20.0. The van der Waals surface area contributed by atoms with Gasteiger partial charge >= 0.3 is 0 Å². The summed E-state index contributed by atoms with van der Waals surface area (Å²) in [7, 11) is 0. The third-order valence-electron chi connectivity index (χ3n) is 6.00. The van der Waals surface area contributed by atoms with Crippen molar-refractivity contribution in [3.8, 4) is 17.2 Å². The lowest BCUT2D eigenvalue weighted by atomic mass is 10.0. The molecule has 1 N–H and O–H groups in total. The number of nitrogens with one attached hydrogen (secondary N) is 1. The standard InChI is InChI=1S/C26H22N4O/c1-2-30-16-24(18-9-7-17(14-27)8-10-18)25(31)23-13-22(15-28-26(23)30)29-21-11-19-5-3-4-6-20(19)12-21/h3-10,13,15-16,21,29H,2,11-12H2,1H3. The van der Waals surface area contributed by atoms with Crippen molar-refractivity contribution in [3.05, 3.63) is 93.9 Å². The average Bonchev–Trinajstić information content (AvgIpc) is 3.22. The van der Waals surface area contributed by atoms with Crippen LogP contribution in [0.25, 0.3) is 22.2 Å². The van der Waals surface area contributed by atoms with Crippen LogP contribution in [-0.2, 0) is 19.4 Å². The Morgan fingerprint density at radius 1 is 1.13 bits per heavy atom. The Labute approximate surface area is 180 Å². The number of nitriles is 1. The largest absolute Gasteiger partial charge is 0.380 e. The van der Waals surface area contributed by atoms with Gasteiger partial charge in [0, 0.05) is 24.3 Å². The third kappa shape index (κ3) is 3.47. The van der Waals surface area contributed by atoms with Gasteiger partial charge in [0.1, 0.15) is 5.65 Å². The lowest BCUT2D eigenvalue weighted by Crippen LogP contribution is -2.20. The highest BCUT2D eigenvalue weighted by atomic mass is 16.1. The van der Waals surface area contributed by atoms with E-state index in [4.69, 9.17) is 5.26 Å². The van der Waals surface area contributed by atoms with E-state index in [-0.39, 0.29) is 5.43 Å². The minimum absolute atomic E-state index is 0.0461. The molecular formula is C26H22N4O. The number of fused-ring (bicyclic) bond motifs is 2. The first kappa shape index (κ1) is 19.1. The molecule has 5 nitrogen and oxygen atoms in total. The number of nitrogens with zero attached hydrogens (tertiary/aromatic N) is 3. The van der Waals surface area contributed by atoms with E-state index >= 15 is 0 Å². The van der Waals surface area contributed by atoms with Gasteiger partial charge in [0.05, 0.1) is 28.9 Å². The van der Waals surface area contributed by atoms with Crippen molar-refractivity contribution in [2.45, 2.75) is 32.4 Å². The Morgan fingerprint density at radius 3 is 2.48 bits per heavy atom. The molecule has 5 rings (SSSR count). The van der Waals surface area contributed by atoms with E-state index in [1.165, 1.54) is 11.1 Å². The van der Waals surface area contributed by atoms with Gasteiger partial charge in [-0.05, 0) is 54.7 Å². The van der Waals surface area contributed by atoms with Crippen LogP contribution in [0.2, 0.25) is 0 Å². The fraction of sp³-hybridized carbons (Fsp3) is 0.192. The molecule has 5 heteroatoms. The molecule has 31 heavy (non-hydrogen) atoms. The van der Waals surface area contributed by atoms with Crippen LogP contribution in [-0.4, -0.2) is 15.6 Å². The summed E-state index contributed by atoms with van der Waals surface area (Å²) < 4.78 is 2.00. The summed E-state index contributed by atoms with van der Waals surface area (Å²) in [5.74, 6) is 0. The van der Waals surface area contributed by atoms with Gasteiger partial charge in [0.25, 0.3) is 0 Å². The second kappa shape index (κ2) is 7.73. The summed E-state index contributed by atoms with van der Waals surface area (Å²) in [5, 5.41) is 13.2. The molecule has 0 saturated heterocycles. The molecule has 1 aliphatic carbocycles. The van der Waals surface area contributed by atoms with Crippen LogP contribution >= 0.6 is 0 Å². The van der Waals surface area contributed by atoms with Gasteiger partial charge in [-0.1, -0.05) is 36.4 Å². The van der Waals surface area contributed by atoms with E-state index in [0.717, 1.165) is 24.1 Å². The van der Waals surface area contributed by atoms with E-state index in [1.807, 2.05) is 42.1 Å². The Bertz CT molecular complexity index is 1350. The number of hydrogen-bond acceptors (Lipinski definition) is 4. The maximum absolute atomic E-state index is 13.4. The van der Waals surface area contributed by atoms with Crippen LogP contribution in [0.1, 0.15) is 23.6 Å². The molecule has 2 heterocycles. The normalized spacial score (nSPS) is 13.2. The van der Waals surface area contributed by atoms with E-state index in [1.54, 1.807) is 12.1 Å². The van der Waals surface area contributed by atoms with Crippen LogP contribution in [0, 0.1) is 11.3 Å². The van der Waals surface area contributed by atoms with E-state index in [0.29, 0.717) is 34.7 Å². The molecule has 0 spiro atoms. The predicted octanol–water partition coefficient (Wildman–Crippen LogP) is 4.53. The van der Waals surface area contributed by atoms with Crippen LogP contribution in [0.5, 0.6) is 0 Å². The summed E-state index contributed by atoms with van der Waals surface area (Å²) in [4.78, 5) is 18.0. The summed E-state index contributed by atoms with van der Waals surface area (Å²) in [5.41, 5.74) is 6.26. The quantitative estimate of drug-likeness (QED) is 0.540. The van der Waals surface area contributed by atoms with Gasteiger partial charge in [-0.15, -0.1) is 0 Å². The topological polar surface area (TPSA) is 70.7 Å². The first-order valence-electron chi connectivity index (χ1n) is 10.5. The summed E-state index contributed by atoms with van der Waals surface area (Å²) in [6.07, 6.45) is 5.62. The van der Waals surface area contributed by atoms with Crippen molar-refractivity contribution in [1.29, 1.82) is 5.26 Å². The number of hydrogen-bond donors (Lipinski definition) is 1. The zero-order valence-corrected chi connectivity index (χ0v) is 17.3. The van der Waals surface area contributed by atoms with E-state index < -0.39 is 0 Å². The van der Waals surface area contributed by atoms with Crippen LogP contribution in [0.4, 0.5) is 5.69 Å². The summed E-state index contributed by atoms with van der Waals surface area (Å²) in [6.45, 7) is 2.74. The van der Waals surface area contributed by atoms with Crippen LogP contribution in [0.3, 0.4) is 0 Å². The van der Waals surface area contributed by atoms with E-state index in [9.17, 15) is 4.79 Å². The number of benzene rings is 2. The van der Waals surface area contributed by atoms with E-state index in [2.05, 4.69) is 40.6 Å². The Balaban J connectivity index is 1.53.